The molecule has 1 fully saturated rings. The van der Waals surface area contributed by atoms with Crippen molar-refractivity contribution in [1.82, 2.24) is 4.98 Å². The van der Waals surface area contributed by atoms with Crippen molar-refractivity contribution < 1.29 is 38.8 Å². The number of ketones is 2. The second-order valence-electron chi connectivity index (χ2n) is 7.78. The van der Waals surface area contributed by atoms with Crippen molar-refractivity contribution >= 4 is 22.5 Å². The molecule has 5 atom stereocenters. The first-order chi connectivity index (χ1) is 15.3. The van der Waals surface area contributed by atoms with Crippen LogP contribution in [0.3, 0.4) is 0 Å². The number of rotatable bonds is 2. The van der Waals surface area contributed by atoms with Crippen LogP contribution in [-0.4, -0.2) is 62.6 Å². The Morgan fingerprint density at radius 3 is 2.34 bits per heavy atom. The third kappa shape index (κ3) is 2.82. The molecule has 0 bridgehead atoms. The number of alkyl halides is 1. The van der Waals surface area contributed by atoms with Gasteiger partial charge in [0.15, 0.2) is 29.2 Å². The fourth-order valence-corrected chi connectivity index (χ4v) is 4.19. The maximum Gasteiger partial charge on any atom is 0.234 e. The molecule has 9 heteroatoms. The molecule has 2 aliphatic rings. The minimum absolute atomic E-state index is 0.0214. The number of carbonyl (C=O) groups excluding carboxylic acids is 2. The Labute approximate surface area is 180 Å². The minimum Gasteiger partial charge on any atom is -0.504 e. The molecule has 1 aliphatic heterocycles. The van der Waals surface area contributed by atoms with E-state index in [0.29, 0.717) is 0 Å². The van der Waals surface area contributed by atoms with Crippen LogP contribution < -0.4 is 4.74 Å². The van der Waals surface area contributed by atoms with Gasteiger partial charge in [0.2, 0.25) is 6.29 Å². The molecular weight excluding hydrogens is 421 g/mol. The molecule has 5 rings (SSSR count). The number of benzene rings is 2. The molecule has 164 valence electrons. The molecule has 1 saturated heterocycles. The van der Waals surface area contributed by atoms with Gasteiger partial charge in [0.05, 0.1) is 11.7 Å². The molecule has 3 N–H and O–H groups in total. The Bertz CT molecular complexity index is 1280. The van der Waals surface area contributed by atoms with Crippen molar-refractivity contribution in [3.63, 3.8) is 0 Å². The molecule has 2 heterocycles. The first kappa shape index (κ1) is 20.5. The third-order valence-corrected chi connectivity index (χ3v) is 5.86. The van der Waals surface area contributed by atoms with Gasteiger partial charge in [0, 0.05) is 28.3 Å². The Balaban J connectivity index is 1.70. The largest absolute Gasteiger partial charge is 0.504 e. The summed E-state index contributed by atoms with van der Waals surface area (Å²) >= 11 is 0. The minimum atomic E-state index is -2.14. The van der Waals surface area contributed by atoms with E-state index in [4.69, 9.17) is 9.47 Å². The predicted octanol–water partition coefficient (Wildman–Crippen LogP) is 1.90. The number of phenols is 1. The molecule has 1 aliphatic carbocycles. The van der Waals surface area contributed by atoms with Crippen LogP contribution in [0.1, 0.15) is 38.8 Å². The van der Waals surface area contributed by atoms with Gasteiger partial charge in [-0.1, -0.05) is 30.3 Å². The predicted molar refractivity (Wildman–Crippen MR) is 109 cm³/mol. The number of aromatic hydroxyl groups is 1. The average Bonchev–Trinajstić information content (AvgIpc) is 2.80. The van der Waals surface area contributed by atoms with Gasteiger partial charge in [0.25, 0.3) is 0 Å². The number of hydrogen-bond acceptors (Lipinski definition) is 8. The monoisotopic (exact) mass is 439 g/mol. The lowest BCUT2D eigenvalue weighted by molar-refractivity contribution is -0.251. The number of carbonyl (C=O) groups is 2. The molecular formula is C23H18FNO7. The Morgan fingerprint density at radius 1 is 1.00 bits per heavy atom. The highest BCUT2D eigenvalue weighted by molar-refractivity contribution is 6.33. The summed E-state index contributed by atoms with van der Waals surface area (Å²) in [6.07, 6.45) is -6.66. The smallest absolute Gasteiger partial charge is 0.234 e. The van der Waals surface area contributed by atoms with E-state index >= 15 is 0 Å². The molecule has 0 amide bonds. The van der Waals surface area contributed by atoms with Crippen LogP contribution in [0.2, 0.25) is 0 Å². The molecule has 1 aromatic heterocycles. The van der Waals surface area contributed by atoms with Gasteiger partial charge in [-0.05, 0) is 13.0 Å². The Hall–Kier alpha value is -3.40. The van der Waals surface area contributed by atoms with Crippen molar-refractivity contribution in [2.24, 2.45) is 0 Å². The van der Waals surface area contributed by atoms with E-state index in [-0.39, 0.29) is 38.9 Å². The highest BCUT2D eigenvalue weighted by Gasteiger charge is 2.45. The first-order valence-corrected chi connectivity index (χ1v) is 9.95. The molecule has 3 aromatic rings. The number of ether oxygens (including phenoxy) is 2. The molecule has 0 spiro atoms. The van der Waals surface area contributed by atoms with E-state index in [0.717, 1.165) is 0 Å². The van der Waals surface area contributed by atoms with E-state index < -0.39 is 48.1 Å². The van der Waals surface area contributed by atoms with Gasteiger partial charge in [-0.25, -0.2) is 4.39 Å². The molecule has 8 nitrogen and oxygen atoms in total. The number of phenolic OH excluding ortho intramolecular Hbond substituents is 1. The van der Waals surface area contributed by atoms with Gasteiger partial charge < -0.3 is 24.8 Å². The number of aromatic nitrogens is 1. The lowest BCUT2D eigenvalue weighted by Crippen LogP contribution is -2.56. The second-order valence-corrected chi connectivity index (χ2v) is 7.78. The fraction of sp³-hybridized carbons (Fsp3) is 0.261. The van der Waals surface area contributed by atoms with Crippen molar-refractivity contribution in [3.05, 3.63) is 64.8 Å². The lowest BCUT2D eigenvalue weighted by Gasteiger charge is -2.38. The maximum atomic E-state index is 14.7. The zero-order valence-corrected chi connectivity index (χ0v) is 16.7. The molecule has 0 radical (unpaired) electrons. The molecule has 4 unspecified atom stereocenters. The fourth-order valence-electron chi connectivity index (χ4n) is 4.19. The van der Waals surface area contributed by atoms with Gasteiger partial charge in [-0.15, -0.1) is 0 Å². The zero-order valence-electron chi connectivity index (χ0n) is 16.7. The van der Waals surface area contributed by atoms with Gasteiger partial charge in [-0.3, -0.25) is 14.6 Å². The zero-order chi connectivity index (χ0) is 22.7. The summed E-state index contributed by atoms with van der Waals surface area (Å²) in [5, 5.41) is 31.0. The maximum absolute atomic E-state index is 14.7. The Morgan fingerprint density at radius 2 is 1.66 bits per heavy atom. The van der Waals surface area contributed by atoms with Crippen LogP contribution in [0.4, 0.5) is 4.39 Å². The normalized spacial score (nSPS) is 27.2. The van der Waals surface area contributed by atoms with Gasteiger partial charge >= 0.3 is 0 Å². The van der Waals surface area contributed by atoms with Crippen LogP contribution in [-0.2, 0) is 4.74 Å². The van der Waals surface area contributed by atoms with Crippen LogP contribution in [0.15, 0.2) is 42.6 Å². The SMILES string of the molecule is CC1OC(Oc2c(O)c3c(c4cccnc24)C(=O)c2ccccc2C3=O)C(F)[C@@H](O)C1O. The van der Waals surface area contributed by atoms with E-state index in [1.165, 1.54) is 25.3 Å². The van der Waals surface area contributed by atoms with Crippen molar-refractivity contribution in [2.75, 3.05) is 0 Å². The van der Waals surface area contributed by atoms with E-state index in [2.05, 4.69) is 4.98 Å². The number of nitrogens with zero attached hydrogens (tertiary/aromatic N) is 1. The second kappa shape index (κ2) is 7.33. The summed E-state index contributed by atoms with van der Waals surface area (Å²) in [5.74, 6) is -2.08. The summed E-state index contributed by atoms with van der Waals surface area (Å²) in [5.41, 5.74) is 0.0526. The van der Waals surface area contributed by atoms with E-state index in [1.807, 2.05) is 0 Å². The number of pyridine rings is 1. The number of hydrogen-bond donors (Lipinski definition) is 3. The third-order valence-electron chi connectivity index (χ3n) is 5.86. The van der Waals surface area contributed by atoms with Crippen LogP contribution in [0.5, 0.6) is 11.5 Å². The standard InChI is InChI=1S/C23H18FNO7/c1-9-17(26)21(30)15(24)23(31-9)32-22-16-12(7-4-8-25-16)13-14(20(22)29)19(28)11-6-3-2-5-10(11)18(13)27/h2-9,15,17,21,23,26,29-30H,1H3/t9?,15?,17?,21-,23?/m1/s1. The van der Waals surface area contributed by atoms with Crippen molar-refractivity contribution in [3.8, 4) is 11.5 Å². The average molecular weight is 439 g/mol. The topological polar surface area (TPSA) is 126 Å². The van der Waals surface area contributed by atoms with Gasteiger partial charge in [-0.2, -0.15) is 0 Å². The first-order valence-electron chi connectivity index (χ1n) is 9.95. The van der Waals surface area contributed by atoms with Gasteiger partial charge in [0.1, 0.15) is 17.7 Å². The number of fused-ring (bicyclic) bond motifs is 4. The highest BCUT2D eigenvalue weighted by atomic mass is 19.1. The summed E-state index contributed by atoms with van der Waals surface area (Å²) in [6.45, 7) is 1.43. The van der Waals surface area contributed by atoms with Crippen LogP contribution in [0, 0.1) is 0 Å². The summed E-state index contributed by atoms with van der Waals surface area (Å²) < 4.78 is 25.6. The molecule has 2 aromatic carbocycles. The number of aliphatic hydroxyl groups excluding tert-OH is 2. The summed E-state index contributed by atoms with van der Waals surface area (Å²) in [4.78, 5) is 30.6. The molecule has 0 saturated carbocycles. The van der Waals surface area contributed by atoms with Crippen LogP contribution in [0.25, 0.3) is 10.9 Å². The Kier molecular flexibility index (Phi) is 4.70. The number of aliphatic hydroxyl groups is 2. The lowest BCUT2D eigenvalue weighted by atomic mass is 9.81. The highest BCUT2D eigenvalue weighted by Crippen LogP contribution is 2.45. The van der Waals surface area contributed by atoms with Crippen LogP contribution >= 0.6 is 0 Å². The summed E-state index contributed by atoms with van der Waals surface area (Å²) in [7, 11) is 0. The van der Waals surface area contributed by atoms with Crippen molar-refractivity contribution in [2.45, 2.75) is 37.7 Å². The van der Waals surface area contributed by atoms with E-state index in [9.17, 15) is 29.3 Å². The van der Waals surface area contributed by atoms with Crippen molar-refractivity contribution in [1.29, 1.82) is 0 Å². The summed E-state index contributed by atoms with van der Waals surface area (Å²) in [6, 6.07) is 9.34. The quantitative estimate of drug-likeness (QED) is 0.432. The number of halogens is 1. The molecule has 32 heavy (non-hydrogen) atoms. The van der Waals surface area contributed by atoms with E-state index in [1.54, 1.807) is 24.3 Å².